The summed E-state index contributed by atoms with van der Waals surface area (Å²) in [5.41, 5.74) is 2.71. The van der Waals surface area contributed by atoms with Crippen LogP contribution in [0, 0.1) is 0 Å². The molecule has 36 heavy (non-hydrogen) atoms. The largest absolute Gasteiger partial charge is 0.494 e. The van der Waals surface area contributed by atoms with Gasteiger partial charge in [0.1, 0.15) is 18.1 Å². The number of benzene rings is 3. The average Bonchev–Trinajstić information content (AvgIpc) is 3.08. The van der Waals surface area contributed by atoms with E-state index in [4.69, 9.17) is 38.0 Å². The quantitative estimate of drug-likeness (QED) is 0.216. The van der Waals surface area contributed by atoms with Gasteiger partial charge in [-0.25, -0.2) is 0 Å². The zero-order chi connectivity index (χ0) is 25.8. The van der Waals surface area contributed by atoms with Crippen LogP contribution in [0.1, 0.15) is 18.1 Å². The van der Waals surface area contributed by atoms with Crippen LogP contribution in [-0.4, -0.2) is 36.7 Å². The first-order valence-electron chi connectivity index (χ1n) is 11.1. The molecule has 0 aliphatic carbocycles. The van der Waals surface area contributed by atoms with Gasteiger partial charge in [0.2, 0.25) is 0 Å². The SMILES string of the molecule is CCOc1ccc(N2C(=O)/C(=C/c3cc(OC)c(OCc4ccccc4Cl)cc3Br)N(C)C2=S)cc1. The number of amides is 1. The molecule has 1 aliphatic rings. The van der Waals surface area contributed by atoms with Crippen LogP contribution in [0.5, 0.6) is 17.2 Å². The minimum atomic E-state index is -0.225. The highest BCUT2D eigenvalue weighted by molar-refractivity contribution is 9.10. The Hall–Kier alpha value is -3.07. The molecular formula is C27H24BrClN2O4S. The molecule has 0 bridgehead atoms. The van der Waals surface area contributed by atoms with E-state index in [0.717, 1.165) is 21.3 Å². The van der Waals surface area contributed by atoms with Crippen molar-refractivity contribution >= 4 is 62.5 Å². The van der Waals surface area contributed by atoms with Crippen molar-refractivity contribution in [2.24, 2.45) is 0 Å². The second-order valence-corrected chi connectivity index (χ2v) is 9.47. The smallest absolute Gasteiger partial charge is 0.281 e. The number of ether oxygens (including phenoxy) is 3. The van der Waals surface area contributed by atoms with E-state index in [2.05, 4.69) is 15.9 Å². The average molecular weight is 588 g/mol. The standard InChI is InChI=1S/C27H24BrClN2O4S/c1-4-34-20-11-9-19(10-12-20)31-26(32)23(30(2)27(31)36)13-18-14-24(33-3)25(15-21(18)28)35-16-17-7-5-6-8-22(17)29/h5-15H,4,16H2,1-3H3/b23-13-. The molecule has 1 aliphatic heterocycles. The van der Waals surface area contributed by atoms with Crippen LogP contribution < -0.4 is 19.1 Å². The van der Waals surface area contributed by atoms with E-state index in [9.17, 15) is 4.79 Å². The van der Waals surface area contributed by atoms with E-state index in [0.29, 0.717) is 39.6 Å². The van der Waals surface area contributed by atoms with Crippen molar-refractivity contribution in [3.8, 4) is 17.2 Å². The van der Waals surface area contributed by atoms with Gasteiger partial charge in [-0.05, 0) is 73.2 Å². The number of hydrogen-bond donors (Lipinski definition) is 0. The molecule has 9 heteroatoms. The summed E-state index contributed by atoms with van der Waals surface area (Å²) in [5, 5.41) is 1.02. The number of carbonyl (C=O) groups is 1. The Balaban J connectivity index is 1.60. The normalized spacial score (nSPS) is 14.5. The van der Waals surface area contributed by atoms with Gasteiger partial charge >= 0.3 is 0 Å². The predicted molar refractivity (Wildman–Crippen MR) is 150 cm³/mol. The zero-order valence-electron chi connectivity index (χ0n) is 20.0. The molecule has 0 aromatic heterocycles. The van der Waals surface area contributed by atoms with Crippen LogP contribution in [0.4, 0.5) is 5.69 Å². The third-order valence-electron chi connectivity index (χ3n) is 5.58. The summed E-state index contributed by atoms with van der Waals surface area (Å²) >= 11 is 15.4. The Bertz CT molecular complexity index is 1330. The monoisotopic (exact) mass is 586 g/mol. The van der Waals surface area contributed by atoms with Crippen molar-refractivity contribution in [1.29, 1.82) is 0 Å². The van der Waals surface area contributed by atoms with Crippen LogP contribution in [0.25, 0.3) is 6.08 Å². The molecule has 0 spiro atoms. The first-order chi connectivity index (χ1) is 17.3. The Morgan fingerprint density at radius 1 is 1.06 bits per heavy atom. The molecule has 6 nitrogen and oxygen atoms in total. The van der Waals surface area contributed by atoms with Crippen LogP contribution in [0.2, 0.25) is 5.02 Å². The molecular weight excluding hydrogens is 564 g/mol. The lowest BCUT2D eigenvalue weighted by Gasteiger charge is -2.16. The van der Waals surface area contributed by atoms with Crippen LogP contribution in [0.3, 0.4) is 0 Å². The molecule has 0 atom stereocenters. The van der Waals surface area contributed by atoms with E-state index in [1.54, 1.807) is 25.1 Å². The van der Waals surface area contributed by atoms with Crippen molar-refractivity contribution < 1.29 is 19.0 Å². The lowest BCUT2D eigenvalue weighted by molar-refractivity contribution is -0.114. The Labute approximate surface area is 229 Å². The maximum atomic E-state index is 13.4. The number of methoxy groups -OCH3 is 1. The number of halogens is 2. The van der Waals surface area contributed by atoms with Crippen molar-refractivity contribution in [1.82, 2.24) is 4.90 Å². The summed E-state index contributed by atoms with van der Waals surface area (Å²) in [6.07, 6.45) is 1.77. The van der Waals surface area contributed by atoms with E-state index in [-0.39, 0.29) is 12.5 Å². The lowest BCUT2D eigenvalue weighted by Crippen LogP contribution is -2.31. The molecule has 1 saturated heterocycles. The van der Waals surface area contributed by atoms with Gasteiger partial charge in [0.25, 0.3) is 5.91 Å². The molecule has 0 unspecified atom stereocenters. The highest BCUT2D eigenvalue weighted by Gasteiger charge is 2.37. The maximum Gasteiger partial charge on any atom is 0.281 e. The van der Waals surface area contributed by atoms with E-state index < -0.39 is 0 Å². The molecule has 0 N–H and O–H groups in total. The molecule has 3 aromatic carbocycles. The maximum absolute atomic E-state index is 13.4. The summed E-state index contributed by atoms with van der Waals surface area (Å²) in [5.74, 6) is 1.58. The predicted octanol–water partition coefficient (Wildman–Crippen LogP) is 6.69. The van der Waals surface area contributed by atoms with Gasteiger partial charge in [-0.3, -0.25) is 9.69 Å². The Kier molecular flexibility index (Phi) is 8.18. The van der Waals surface area contributed by atoms with Gasteiger partial charge in [-0.2, -0.15) is 0 Å². The molecule has 0 radical (unpaired) electrons. The summed E-state index contributed by atoms with van der Waals surface area (Å²) < 4.78 is 17.8. The van der Waals surface area contributed by atoms with Gasteiger partial charge < -0.3 is 19.1 Å². The second kappa shape index (κ2) is 11.3. The Morgan fingerprint density at radius 2 is 1.78 bits per heavy atom. The molecule has 3 aromatic rings. The minimum Gasteiger partial charge on any atom is -0.494 e. The summed E-state index contributed by atoms with van der Waals surface area (Å²) in [7, 11) is 3.34. The van der Waals surface area contributed by atoms with E-state index >= 15 is 0 Å². The highest BCUT2D eigenvalue weighted by atomic mass is 79.9. The third-order valence-corrected chi connectivity index (χ3v) is 7.10. The molecule has 1 amide bonds. The first kappa shape index (κ1) is 26.0. The zero-order valence-corrected chi connectivity index (χ0v) is 23.1. The number of anilines is 1. The molecule has 186 valence electrons. The molecule has 0 saturated carbocycles. The van der Waals surface area contributed by atoms with Crippen molar-refractivity contribution in [3.63, 3.8) is 0 Å². The fourth-order valence-electron chi connectivity index (χ4n) is 3.69. The molecule has 1 fully saturated rings. The number of thiocarbonyl (C=S) groups is 1. The number of likely N-dealkylation sites (N-methyl/N-ethyl adjacent to an activating group) is 1. The number of rotatable bonds is 8. The van der Waals surface area contributed by atoms with Crippen molar-refractivity contribution in [3.05, 3.63) is 87.0 Å². The number of hydrogen-bond acceptors (Lipinski definition) is 5. The summed E-state index contributed by atoms with van der Waals surface area (Å²) in [6, 6.07) is 18.4. The highest BCUT2D eigenvalue weighted by Crippen LogP contribution is 2.37. The Morgan fingerprint density at radius 3 is 2.44 bits per heavy atom. The van der Waals surface area contributed by atoms with Gasteiger partial charge in [0, 0.05) is 22.1 Å². The third kappa shape index (κ3) is 5.36. The van der Waals surface area contributed by atoms with E-state index in [1.165, 1.54) is 4.90 Å². The van der Waals surface area contributed by atoms with Gasteiger partial charge in [0.15, 0.2) is 16.6 Å². The van der Waals surface area contributed by atoms with Crippen molar-refractivity contribution in [2.75, 3.05) is 25.7 Å². The van der Waals surface area contributed by atoms with Crippen molar-refractivity contribution in [2.45, 2.75) is 13.5 Å². The molecule has 1 heterocycles. The van der Waals surface area contributed by atoms with Crippen LogP contribution >= 0.6 is 39.7 Å². The summed E-state index contributed by atoms with van der Waals surface area (Å²) in [6.45, 7) is 2.78. The fraction of sp³-hybridized carbons (Fsp3) is 0.185. The first-order valence-corrected chi connectivity index (χ1v) is 12.7. The minimum absolute atomic E-state index is 0.225. The summed E-state index contributed by atoms with van der Waals surface area (Å²) in [4.78, 5) is 16.6. The fourth-order valence-corrected chi connectivity index (χ4v) is 4.61. The number of nitrogens with zero attached hydrogens (tertiary/aromatic N) is 2. The van der Waals surface area contributed by atoms with Gasteiger partial charge in [-0.15, -0.1) is 0 Å². The second-order valence-electron chi connectivity index (χ2n) is 7.84. The van der Waals surface area contributed by atoms with Crippen LogP contribution in [0.15, 0.2) is 70.8 Å². The molecule has 4 rings (SSSR count). The van der Waals surface area contributed by atoms with Crippen LogP contribution in [-0.2, 0) is 11.4 Å². The van der Waals surface area contributed by atoms with E-state index in [1.807, 2.05) is 67.6 Å². The lowest BCUT2D eigenvalue weighted by atomic mass is 10.1. The van der Waals surface area contributed by atoms with Gasteiger partial charge in [0.05, 0.1) is 19.4 Å². The topological polar surface area (TPSA) is 51.2 Å². The number of carbonyl (C=O) groups excluding carboxylic acids is 1. The van der Waals surface area contributed by atoms with Gasteiger partial charge in [-0.1, -0.05) is 45.7 Å².